The van der Waals surface area contributed by atoms with Crippen molar-refractivity contribution in [2.45, 2.75) is 13.1 Å². The molecule has 2 nitrogen and oxygen atoms in total. The molecule has 0 bridgehead atoms. The number of rotatable bonds is 6. The second kappa shape index (κ2) is 7.85. The zero-order chi connectivity index (χ0) is 17.6. The van der Waals surface area contributed by atoms with E-state index in [4.69, 9.17) is 4.74 Å². The third kappa shape index (κ3) is 3.93. The molecule has 0 atom stereocenters. The van der Waals surface area contributed by atoms with Gasteiger partial charge in [0.15, 0.2) is 0 Å². The van der Waals surface area contributed by atoms with Crippen LogP contribution in [0.25, 0.3) is 10.8 Å². The van der Waals surface area contributed by atoms with Gasteiger partial charge < -0.3 is 10.1 Å². The lowest BCUT2D eigenvalue weighted by atomic mass is 10.1. The first-order valence-corrected chi connectivity index (χ1v) is 8.88. The standard InChI is InChI=1S/C24H21NO/c1-2-7-19(8-3-1)17-25-18-20-13-15-22(16-14-20)26-24-12-6-10-21-9-4-5-11-23(21)24/h1-16,25H,17-18H2. The Kier molecular flexibility index (Phi) is 4.95. The van der Waals surface area contributed by atoms with Gasteiger partial charge in [0.05, 0.1) is 0 Å². The van der Waals surface area contributed by atoms with Gasteiger partial charge in [-0.25, -0.2) is 0 Å². The predicted octanol–water partition coefficient (Wildman–Crippen LogP) is 5.92. The number of ether oxygens (including phenoxy) is 1. The molecule has 128 valence electrons. The first-order chi connectivity index (χ1) is 12.9. The van der Waals surface area contributed by atoms with Crippen LogP contribution in [0.4, 0.5) is 0 Å². The Hall–Kier alpha value is -3.10. The fourth-order valence-corrected chi connectivity index (χ4v) is 3.03. The van der Waals surface area contributed by atoms with Crippen LogP contribution in [0, 0.1) is 0 Å². The highest BCUT2D eigenvalue weighted by atomic mass is 16.5. The quantitative estimate of drug-likeness (QED) is 0.470. The van der Waals surface area contributed by atoms with E-state index in [1.165, 1.54) is 16.5 Å². The Morgan fingerprint density at radius 3 is 2.04 bits per heavy atom. The molecular formula is C24H21NO. The van der Waals surface area contributed by atoms with Gasteiger partial charge in [0.1, 0.15) is 11.5 Å². The van der Waals surface area contributed by atoms with Crippen molar-refractivity contribution in [2.75, 3.05) is 0 Å². The van der Waals surface area contributed by atoms with Gasteiger partial charge in [0.25, 0.3) is 0 Å². The van der Waals surface area contributed by atoms with Crippen LogP contribution in [0.15, 0.2) is 97.1 Å². The average Bonchev–Trinajstić information content (AvgIpc) is 2.70. The lowest BCUT2D eigenvalue weighted by Crippen LogP contribution is -2.12. The minimum absolute atomic E-state index is 0.837. The van der Waals surface area contributed by atoms with Gasteiger partial charge in [-0.3, -0.25) is 0 Å². The fraction of sp³-hybridized carbons (Fsp3) is 0.0833. The maximum atomic E-state index is 6.10. The second-order valence-electron chi connectivity index (χ2n) is 6.31. The normalized spacial score (nSPS) is 10.8. The number of benzene rings is 4. The Morgan fingerprint density at radius 2 is 1.23 bits per heavy atom. The molecule has 0 saturated heterocycles. The van der Waals surface area contributed by atoms with Crippen molar-refractivity contribution in [3.05, 3.63) is 108 Å². The van der Waals surface area contributed by atoms with E-state index in [-0.39, 0.29) is 0 Å². The SMILES string of the molecule is c1ccc(CNCc2ccc(Oc3cccc4ccccc34)cc2)cc1. The molecule has 0 heterocycles. The van der Waals surface area contributed by atoms with E-state index in [1.807, 2.05) is 42.5 Å². The summed E-state index contributed by atoms with van der Waals surface area (Å²) in [6.45, 7) is 1.71. The van der Waals surface area contributed by atoms with Crippen LogP contribution in [0.1, 0.15) is 11.1 Å². The summed E-state index contributed by atoms with van der Waals surface area (Å²) in [5.41, 5.74) is 2.54. The number of nitrogens with one attached hydrogen (secondary N) is 1. The van der Waals surface area contributed by atoms with Crippen molar-refractivity contribution in [1.29, 1.82) is 0 Å². The minimum atomic E-state index is 0.837. The van der Waals surface area contributed by atoms with E-state index in [2.05, 4.69) is 59.9 Å². The number of fused-ring (bicyclic) bond motifs is 1. The summed E-state index contributed by atoms with van der Waals surface area (Å²) < 4.78 is 6.10. The molecule has 0 aliphatic rings. The summed E-state index contributed by atoms with van der Waals surface area (Å²) in [4.78, 5) is 0. The van der Waals surface area contributed by atoms with Crippen LogP contribution in [0.5, 0.6) is 11.5 Å². The molecule has 0 aliphatic heterocycles. The van der Waals surface area contributed by atoms with Crippen molar-refractivity contribution in [1.82, 2.24) is 5.32 Å². The molecular weight excluding hydrogens is 318 g/mol. The van der Waals surface area contributed by atoms with Crippen LogP contribution >= 0.6 is 0 Å². The fourth-order valence-electron chi connectivity index (χ4n) is 3.03. The summed E-state index contributed by atoms with van der Waals surface area (Å²) in [6, 6.07) is 33.1. The summed E-state index contributed by atoms with van der Waals surface area (Å²) in [5, 5.41) is 5.79. The number of hydrogen-bond donors (Lipinski definition) is 1. The molecule has 1 N–H and O–H groups in total. The molecule has 0 fully saturated rings. The van der Waals surface area contributed by atoms with Crippen molar-refractivity contribution in [3.63, 3.8) is 0 Å². The van der Waals surface area contributed by atoms with E-state index in [0.717, 1.165) is 30.0 Å². The largest absolute Gasteiger partial charge is 0.457 e. The molecule has 0 aromatic heterocycles. The molecule has 0 unspecified atom stereocenters. The highest BCUT2D eigenvalue weighted by molar-refractivity contribution is 5.88. The summed E-state index contributed by atoms with van der Waals surface area (Å²) in [7, 11) is 0. The van der Waals surface area contributed by atoms with Crippen LogP contribution in [-0.2, 0) is 13.1 Å². The van der Waals surface area contributed by atoms with Crippen LogP contribution in [0.3, 0.4) is 0 Å². The summed E-state index contributed by atoms with van der Waals surface area (Å²) >= 11 is 0. The predicted molar refractivity (Wildman–Crippen MR) is 107 cm³/mol. The summed E-state index contributed by atoms with van der Waals surface area (Å²) in [6.07, 6.45) is 0. The van der Waals surface area contributed by atoms with Gasteiger partial charge in [0, 0.05) is 18.5 Å². The van der Waals surface area contributed by atoms with Crippen molar-refractivity contribution >= 4 is 10.8 Å². The van der Waals surface area contributed by atoms with Gasteiger partial charge >= 0.3 is 0 Å². The Morgan fingerprint density at radius 1 is 0.577 bits per heavy atom. The maximum absolute atomic E-state index is 6.10. The van der Waals surface area contributed by atoms with E-state index in [1.54, 1.807) is 0 Å². The summed E-state index contributed by atoms with van der Waals surface area (Å²) in [5.74, 6) is 1.74. The van der Waals surface area contributed by atoms with Crippen LogP contribution in [-0.4, -0.2) is 0 Å². The first-order valence-electron chi connectivity index (χ1n) is 8.88. The highest BCUT2D eigenvalue weighted by Gasteiger charge is 2.03. The van der Waals surface area contributed by atoms with Gasteiger partial charge in [0.2, 0.25) is 0 Å². The molecule has 0 radical (unpaired) electrons. The molecule has 0 amide bonds. The van der Waals surface area contributed by atoms with E-state index >= 15 is 0 Å². The van der Waals surface area contributed by atoms with E-state index in [0.29, 0.717) is 0 Å². The Balaban J connectivity index is 1.39. The highest BCUT2D eigenvalue weighted by Crippen LogP contribution is 2.29. The maximum Gasteiger partial charge on any atom is 0.135 e. The topological polar surface area (TPSA) is 21.3 Å². The lowest BCUT2D eigenvalue weighted by Gasteiger charge is -2.10. The van der Waals surface area contributed by atoms with Crippen LogP contribution < -0.4 is 10.1 Å². The molecule has 0 spiro atoms. The minimum Gasteiger partial charge on any atom is -0.457 e. The van der Waals surface area contributed by atoms with Gasteiger partial charge in [-0.15, -0.1) is 0 Å². The second-order valence-corrected chi connectivity index (χ2v) is 6.31. The van der Waals surface area contributed by atoms with Gasteiger partial charge in [-0.05, 0) is 34.7 Å². The Bertz CT molecular complexity index is 972. The zero-order valence-corrected chi connectivity index (χ0v) is 14.6. The third-order valence-electron chi connectivity index (χ3n) is 4.40. The average molecular weight is 339 g/mol. The monoisotopic (exact) mass is 339 g/mol. The molecule has 0 saturated carbocycles. The van der Waals surface area contributed by atoms with Crippen molar-refractivity contribution in [2.24, 2.45) is 0 Å². The molecule has 4 rings (SSSR count). The van der Waals surface area contributed by atoms with E-state index in [9.17, 15) is 0 Å². The number of hydrogen-bond acceptors (Lipinski definition) is 2. The van der Waals surface area contributed by atoms with Crippen molar-refractivity contribution < 1.29 is 4.74 Å². The molecule has 2 heteroatoms. The smallest absolute Gasteiger partial charge is 0.135 e. The molecule has 0 aliphatic carbocycles. The van der Waals surface area contributed by atoms with E-state index < -0.39 is 0 Å². The van der Waals surface area contributed by atoms with Crippen LogP contribution in [0.2, 0.25) is 0 Å². The van der Waals surface area contributed by atoms with Crippen molar-refractivity contribution in [3.8, 4) is 11.5 Å². The molecule has 4 aromatic carbocycles. The zero-order valence-electron chi connectivity index (χ0n) is 14.6. The van der Waals surface area contributed by atoms with Gasteiger partial charge in [-0.2, -0.15) is 0 Å². The molecule has 4 aromatic rings. The first kappa shape index (κ1) is 16.4. The Labute approximate surface area is 154 Å². The lowest BCUT2D eigenvalue weighted by molar-refractivity contribution is 0.488. The molecule has 26 heavy (non-hydrogen) atoms. The van der Waals surface area contributed by atoms with Gasteiger partial charge in [-0.1, -0.05) is 78.9 Å². The third-order valence-corrected chi connectivity index (χ3v) is 4.40.